The van der Waals surface area contributed by atoms with Crippen LogP contribution >= 0.6 is 0 Å². The Morgan fingerprint density at radius 3 is 2.53 bits per heavy atom. The minimum absolute atomic E-state index is 0.0492. The third-order valence-electron chi connectivity index (χ3n) is 6.20. The summed E-state index contributed by atoms with van der Waals surface area (Å²) in [7, 11) is 0. The maximum atomic E-state index is 13.0. The summed E-state index contributed by atoms with van der Waals surface area (Å²) in [4.78, 5) is 39.8. The lowest BCUT2D eigenvalue weighted by atomic mass is 9.91. The van der Waals surface area contributed by atoms with Crippen molar-refractivity contribution in [2.75, 3.05) is 15.5 Å². The number of hydrogen-bond acceptors (Lipinski definition) is 4. The van der Waals surface area contributed by atoms with E-state index < -0.39 is 12.1 Å². The van der Waals surface area contributed by atoms with Gasteiger partial charge in [-0.2, -0.15) is 0 Å². The number of nitrogens with two attached hydrogens (primary N) is 1. The van der Waals surface area contributed by atoms with Crippen molar-refractivity contribution in [2.24, 2.45) is 5.73 Å². The van der Waals surface area contributed by atoms with Crippen LogP contribution in [0.5, 0.6) is 0 Å². The van der Waals surface area contributed by atoms with E-state index in [1.165, 1.54) is 4.90 Å². The van der Waals surface area contributed by atoms with Crippen molar-refractivity contribution in [2.45, 2.75) is 57.7 Å². The van der Waals surface area contributed by atoms with Crippen LogP contribution in [-0.2, 0) is 4.79 Å². The molecule has 2 aromatic rings. The fraction of sp³-hybridized carbons (Fsp3) is 0.375. The summed E-state index contributed by atoms with van der Waals surface area (Å²) in [6.45, 7) is 3.63. The molecule has 1 saturated carbocycles. The van der Waals surface area contributed by atoms with Gasteiger partial charge in [0.15, 0.2) is 0 Å². The Labute approximate surface area is 187 Å². The van der Waals surface area contributed by atoms with Gasteiger partial charge >= 0.3 is 6.03 Å². The van der Waals surface area contributed by atoms with Crippen LogP contribution in [0.15, 0.2) is 42.5 Å². The highest BCUT2D eigenvalue weighted by molar-refractivity contribution is 6.15. The largest absolute Gasteiger partial charge is 0.348 e. The standard InChI is InChI=1S/C24H29N5O3/c1-14-7-10-17(11-8-14)26-24(32)29-15(2)22(30)28-20-13-16(9-12-21(20)29)23(31)27-19-6-4-3-5-18(19)25/h7-13,15,18-19H,3-6,25H2,1-2H3,(H,26,32)(H,27,31)(H,28,30). The minimum atomic E-state index is -0.701. The molecule has 8 heteroatoms. The van der Waals surface area contributed by atoms with E-state index in [-0.39, 0.29) is 23.9 Å². The van der Waals surface area contributed by atoms with Crippen molar-refractivity contribution in [3.05, 3.63) is 53.6 Å². The number of carbonyl (C=O) groups excluding carboxylic acids is 3. The highest BCUT2D eigenvalue weighted by Gasteiger charge is 2.34. The SMILES string of the molecule is Cc1ccc(NC(=O)N2c3ccc(C(=O)NC4CCCCC4N)cc3NC(=O)C2C)cc1. The van der Waals surface area contributed by atoms with Crippen molar-refractivity contribution in [1.82, 2.24) is 5.32 Å². The highest BCUT2D eigenvalue weighted by atomic mass is 16.2. The number of nitrogens with one attached hydrogen (secondary N) is 3. The lowest BCUT2D eigenvalue weighted by Gasteiger charge is -2.35. The lowest BCUT2D eigenvalue weighted by Crippen LogP contribution is -2.51. The summed E-state index contributed by atoms with van der Waals surface area (Å²) >= 11 is 0. The average Bonchev–Trinajstić information content (AvgIpc) is 2.77. The summed E-state index contributed by atoms with van der Waals surface area (Å²) in [5.41, 5.74) is 9.24. The van der Waals surface area contributed by atoms with Gasteiger partial charge in [-0.15, -0.1) is 0 Å². The molecule has 3 unspecified atom stereocenters. The molecular formula is C24H29N5O3. The second-order valence-corrected chi connectivity index (χ2v) is 8.59. The molecule has 1 aliphatic carbocycles. The van der Waals surface area contributed by atoms with Gasteiger partial charge in [-0.1, -0.05) is 30.5 Å². The van der Waals surface area contributed by atoms with Crippen LogP contribution in [0.3, 0.4) is 0 Å². The number of aryl methyl sites for hydroxylation is 1. The van der Waals surface area contributed by atoms with Crippen molar-refractivity contribution in [3.8, 4) is 0 Å². The van der Waals surface area contributed by atoms with Crippen molar-refractivity contribution >= 4 is 34.9 Å². The van der Waals surface area contributed by atoms with Gasteiger partial charge in [0.25, 0.3) is 5.91 Å². The monoisotopic (exact) mass is 435 g/mol. The Morgan fingerprint density at radius 1 is 1.09 bits per heavy atom. The number of benzene rings is 2. The van der Waals surface area contributed by atoms with Gasteiger partial charge in [0.2, 0.25) is 5.91 Å². The number of hydrogen-bond donors (Lipinski definition) is 4. The molecule has 3 atom stereocenters. The van der Waals surface area contributed by atoms with Crippen molar-refractivity contribution in [3.63, 3.8) is 0 Å². The van der Waals surface area contributed by atoms with Gasteiger partial charge in [-0.25, -0.2) is 4.79 Å². The molecule has 8 nitrogen and oxygen atoms in total. The Balaban J connectivity index is 1.55. The molecule has 4 rings (SSSR count). The number of amides is 4. The van der Waals surface area contributed by atoms with Crippen LogP contribution in [0.25, 0.3) is 0 Å². The van der Waals surface area contributed by atoms with E-state index >= 15 is 0 Å². The van der Waals surface area contributed by atoms with Crippen LogP contribution < -0.4 is 26.6 Å². The quantitative estimate of drug-likeness (QED) is 0.591. The molecule has 1 fully saturated rings. The topological polar surface area (TPSA) is 117 Å². The summed E-state index contributed by atoms with van der Waals surface area (Å²) < 4.78 is 0. The molecule has 168 valence electrons. The average molecular weight is 436 g/mol. The third kappa shape index (κ3) is 4.45. The molecule has 5 N–H and O–H groups in total. The molecule has 2 aliphatic rings. The summed E-state index contributed by atoms with van der Waals surface area (Å²) in [6.07, 6.45) is 3.88. The van der Waals surface area contributed by atoms with Gasteiger partial charge in [0.1, 0.15) is 6.04 Å². The maximum Gasteiger partial charge on any atom is 0.327 e. The second-order valence-electron chi connectivity index (χ2n) is 8.59. The zero-order valence-electron chi connectivity index (χ0n) is 18.4. The predicted octanol–water partition coefficient (Wildman–Crippen LogP) is 3.37. The van der Waals surface area contributed by atoms with Crippen LogP contribution in [0.1, 0.15) is 48.5 Å². The lowest BCUT2D eigenvalue weighted by molar-refractivity contribution is -0.117. The number of carbonyl (C=O) groups is 3. The van der Waals surface area contributed by atoms with E-state index in [1.807, 2.05) is 31.2 Å². The molecule has 0 aromatic heterocycles. The first-order valence-corrected chi connectivity index (χ1v) is 11.0. The van der Waals surface area contributed by atoms with E-state index in [9.17, 15) is 14.4 Å². The van der Waals surface area contributed by atoms with Crippen LogP contribution in [-0.4, -0.2) is 36.0 Å². The Hall–Kier alpha value is -3.39. The zero-order chi connectivity index (χ0) is 22.8. The smallest absolute Gasteiger partial charge is 0.327 e. The van der Waals surface area contributed by atoms with Gasteiger partial charge < -0.3 is 21.7 Å². The first-order valence-electron chi connectivity index (χ1n) is 11.0. The fourth-order valence-electron chi connectivity index (χ4n) is 4.25. The number of urea groups is 1. The molecular weight excluding hydrogens is 406 g/mol. The first-order chi connectivity index (χ1) is 15.3. The number of nitrogens with zero attached hydrogens (tertiary/aromatic N) is 1. The first kappa shape index (κ1) is 21.8. The van der Waals surface area contributed by atoms with E-state index in [0.29, 0.717) is 22.6 Å². The van der Waals surface area contributed by atoms with Crippen LogP contribution in [0, 0.1) is 6.92 Å². The Morgan fingerprint density at radius 2 is 1.81 bits per heavy atom. The summed E-state index contributed by atoms with van der Waals surface area (Å²) in [5, 5.41) is 8.66. The molecule has 1 heterocycles. The van der Waals surface area contributed by atoms with E-state index in [1.54, 1.807) is 25.1 Å². The number of rotatable bonds is 3. The van der Waals surface area contributed by atoms with Gasteiger partial charge in [-0.05, 0) is 57.0 Å². The summed E-state index contributed by atoms with van der Waals surface area (Å²) in [5.74, 6) is -0.554. The number of fused-ring (bicyclic) bond motifs is 1. The molecule has 2 aromatic carbocycles. The summed E-state index contributed by atoms with van der Waals surface area (Å²) in [6, 6.07) is 11.2. The third-order valence-corrected chi connectivity index (χ3v) is 6.20. The highest BCUT2D eigenvalue weighted by Crippen LogP contribution is 2.33. The van der Waals surface area contributed by atoms with Crippen LogP contribution in [0.4, 0.5) is 21.9 Å². The van der Waals surface area contributed by atoms with Gasteiger partial charge in [0, 0.05) is 23.3 Å². The molecule has 32 heavy (non-hydrogen) atoms. The van der Waals surface area contributed by atoms with Gasteiger partial charge in [-0.3, -0.25) is 14.5 Å². The van der Waals surface area contributed by atoms with Gasteiger partial charge in [0.05, 0.1) is 11.4 Å². The van der Waals surface area contributed by atoms with Crippen LogP contribution in [0.2, 0.25) is 0 Å². The van der Waals surface area contributed by atoms with E-state index in [2.05, 4.69) is 16.0 Å². The van der Waals surface area contributed by atoms with Crippen molar-refractivity contribution < 1.29 is 14.4 Å². The fourth-order valence-corrected chi connectivity index (χ4v) is 4.25. The Kier molecular flexibility index (Phi) is 6.14. The minimum Gasteiger partial charge on any atom is -0.348 e. The maximum absolute atomic E-state index is 13.0. The molecule has 1 aliphatic heterocycles. The van der Waals surface area contributed by atoms with Crippen molar-refractivity contribution in [1.29, 1.82) is 0 Å². The van der Waals surface area contributed by atoms with E-state index in [0.717, 1.165) is 31.2 Å². The predicted molar refractivity (Wildman–Crippen MR) is 125 cm³/mol. The molecule has 0 radical (unpaired) electrons. The molecule has 0 saturated heterocycles. The molecule has 0 bridgehead atoms. The normalized spacial score (nSPS) is 22.5. The zero-order valence-corrected chi connectivity index (χ0v) is 18.4. The molecule has 4 amide bonds. The number of anilines is 3. The molecule has 0 spiro atoms. The second kappa shape index (κ2) is 9.00. The Bertz CT molecular complexity index is 1040. The van der Waals surface area contributed by atoms with E-state index in [4.69, 9.17) is 5.73 Å².